The Kier molecular flexibility index (Phi) is 3.78. The van der Waals surface area contributed by atoms with Gasteiger partial charge in [-0.1, -0.05) is 30.3 Å². The molecule has 1 heterocycles. The highest BCUT2D eigenvalue weighted by atomic mass is 16.5. The number of methoxy groups -OCH3 is 1. The van der Waals surface area contributed by atoms with E-state index in [0.717, 1.165) is 22.7 Å². The predicted molar refractivity (Wildman–Crippen MR) is 84.5 cm³/mol. The van der Waals surface area contributed by atoms with E-state index >= 15 is 0 Å². The molecule has 1 aliphatic rings. The number of rotatable bonds is 4. The Morgan fingerprint density at radius 3 is 2.45 bits per heavy atom. The number of carbonyl (C=O) groups is 1. The Bertz CT molecular complexity index is 696. The maximum Gasteiger partial charge on any atom is 0.328 e. The largest absolute Gasteiger partial charge is 0.497 e. The van der Waals surface area contributed by atoms with Gasteiger partial charge in [0.05, 0.1) is 18.5 Å². The van der Waals surface area contributed by atoms with Crippen molar-refractivity contribution < 1.29 is 14.6 Å². The molecule has 0 radical (unpaired) electrons. The maximum atomic E-state index is 11.5. The molecule has 2 aromatic rings. The van der Waals surface area contributed by atoms with Gasteiger partial charge in [-0.2, -0.15) is 5.10 Å². The second-order valence-corrected chi connectivity index (χ2v) is 5.01. The molecule has 0 amide bonds. The summed E-state index contributed by atoms with van der Waals surface area (Å²) in [5.41, 5.74) is 2.47. The minimum Gasteiger partial charge on any atom is -0.497 e. The molecule has 0 saturated heterocycles. The monoisotopic (exact) mass is 296 g/mol. The van der Waals surface area contributed by atoms with Crippen molar-refractivity contribution in [1.82, 2.24) is 0 Å². The number of ether oxygens (including phenoxy) is 1. The summed E-state index contributed by atoms with van der Waals surface area (Å²) in [6.45, 7) is 0. The van der Waals surface area contributed by atoms with Gasteiger partial charge in [0.2, 0.25) is 0 Å². The smallest absolute Gasteiger partial charge is 0.328 e. The summed E-state index contributed by atoms with van der Waals surface area (Å²) in [6, 6.07) is 16.2. The van der Waals surface area contributed by atoms with Crippen LogP contribution in [0.4, 0.5) is 5.69 Å². The zero-order valence-electron chi connectivity index (χ0n) is 12.1. The number of nitrogens with zero attached hydrogens (tertiary/aromatic N) is 2. The van der Waals surface area contributed by atoms with Gasteiger partial charge in [0.15, 0.2) is 6.04 Å². The average molecular weight is 296 g/mol. The Labute approximate surface area is 128 Å². The van der Waals surface area contributed by atoms with E-state index in [4.69, 9.17) is 4.74 Å². The topological polar surface area (TPSA) is 62.1 Å². The molecule has 0 spiro atoms. The summed E-state index contributed by atoms with van der Waals surface area (Å²) < 4.78 is 5.13. The number of aliphatic carboxylic acids is 1. The van der Waals surface area contributed by atoms with Crippen LogP contribution in [0.3, 0.4) is 0 Å². The summed E-state index contributed by atoms with van der Waals surface area (Å²) in [7, 11) is 1.59. The van der Waals surface area contributed by atoms with E-state index in [0.29, 0.717) is 6.42 Å². The van der Waals surface area contributed by atoms with Gasteiger partial charge in [-0.05, 0) is 29.8 Å². The molecule has 0 saturated carbocycles. The number of hydrogen-bond acceptors (Lipinski definition) is 4. The normalized spacial score (nSPS) is 17.2. The maximum absolute atomic E-state index is 11.5. The van der Waals surface area contributed by atoms with E-state index in [1.165, 1.54) is 0 Å². The fraction of sp³-hybridized carbons (Fsp3) is 0.176. The number of carboxylic acids is 1. The molecular weight excluding hydrogens is 280 g/mol. The average Bonchev–Trinajstić information content (AvgIpc) is 3.01. The highest BCUT2D eigenvalue weighted by Gasteiger charge is 2.33. The van der Waals surface area contributed by atoms with E-state index in [9.17, 15) is 9.90 Å². The van der Waals surface area contributed by atoms with E-state index < -0.39 is 12.0 Å². The summed E-state index contributed by atoms with van der Waals surface area (Å²) in [4.78, 5) is 11.5. The standard InChI is InChI=1S/C17H16N2O3/c1-22-14-9-7-13(8-10-14)19-16(17(20)21)11-15(18-19)12-5-3-2-4-6-12/h2-10,16H,11H2,1H3,(H,20,21). The molecule has 2 aromatic carbocycles. The van der Waals surface area contributed by atoms with Crippen molar-refractivity contribution in [2.45, 2.75) is 12.5 Å². The van der Waals surface area contributed by atoms with Crippen LogP contribution >= 0.6 is 0 Å². The quantitative estimate of drug-likeness (QED) is 0.942. The first-order valence-corrected chi connectivity index (χ1v) is 6.98. The molecule has 1 aliphatic heterocycles. The number of benzene rings is 2. The summed E-state index contributed by atoms with van der Waals surface area (Å²) in [6.07, 6.45) is 0.380. The first kappa shape index (κ1) is 14.1. The number of anilines is 1. The van der Waals surface area contributed by atoms with Crippen molar-refractivity contribution >= 4 is 17.4 Å². The lowest BCUT2D eigenvalue weighted by atomic mass is 10.0. The van der Waals surface area contributed by atoms with Crippen molar-refractivity contribution in [2.24, 2.45) is 5.10 Å². The lowest BCUT2D eigenvalue weighted by molar-refractivity contribution is -0.138. The van der Waals surface area contributed by atoms with Crippen molar-refractivity contribution in [1.29, 1.82) is 0 Å². The molecule has 1 atom stereocenters. The lowest BCUT2D eigenvalue weighted by Crippen LogP contribution is -2.34. The molecule has 0 fully saturated rings. The van der Waals surface area contributed by atoms with Crippen LogP contribution in [0.25, 0.3) is 0 Å². The molecule has 3 rings (SSSR count). The second kappa shape index (κ2) is 5.89. The zero-order valence-corrected chi connectivity index (χ0v) is 12.1. The van der Waals surface area contributed by atoms with Crippen molar-refractivity contribution in [2.75, 3.05) is 12.1 Å². The Morgan fingerprint density at radius 2 is 1.86 bits per heavy atom. The predicted octanol–water partition coefficient (Wildman–Crippen LogP) is 2.76. The molecular formula is C17H16N2O3. The van der Waals surface area contributed by atoms with Crippen LogP contribution in [0.1, 0.15) is 12.0 Å². The fourth-order valence-electron chi connectivity index (χ4n) is 2.48. The third-order valence-electron chi connectivity index (χ3n) is 3.64. The Morgan fingerprint density at radius 1 is 1.18 bits per heavy atom. The van der Waals surface area contributed by atoms with Crippen LogP contribution in [0.15, 0.2) is 59.7 Å². The van der Waals surface area contributed by atoms with E-state index in [-0.39, 0.29) is 0 Å². The van der Waals surface area contributed by atoms with Crippen molar-refractivity contribution in [3.8, 4) is 5.75 Å². The summed E-state index contributed by atoms with van der Waals surface area (Å²) in [5.74, 6) is -0.160. The fourth-order valence-corrected chi connectivity index (χ4v) is 2.48. The molecule has 5 heteroatoms. The van der Waals surface area contributed by atoms with Gasteiger partial charge in [-0.3, -0.25) is 5.01 Å². The molecule has 1 N–H and O–H groups in total. The Balaban J connectivity index is 1.95. The number of carboxylic acid groups (broad SMARTS) is 1. The first-order chi connectivity index (χ1) is 10.7. The van der Waals surface area contributed by atoms with Gasteiger partial charge in [-0.25, -0.2) is 4.79 Å². The molecule has 112 valence electrons. The Hall–Kier alpha value is -2.82. The second-order valence-electron chi connectivity index (χ2n) is 5.01. The molecule has 0 aromatic heterocycles. The first-order valence-electron chi connectivity index (χ1n) is 6.98. The molecule has 0 bridgehead atoms. The van der Waals surface area contributed by atoms with Crippen molar-refractivity contribution in [3.05, 3.63) is 60.2 Å². The van der Waals surface area contributed by atoms with Gasteiger partial charge in [0, 0.05) is 6.42 Å². The molecule has 1 unspecified atom stereocenters. The summed E-state index contributed by atoms with van der Waals surface area (Å²) in [5, 5.41) is 15.5. The van der Waals surface area contributed by atoms with Crippen molar-refractivity contribution in [3.63, 3.8) is 0 Å². The van der Waals surface area contributed by atoms with Crippen LogP contribution < -0.4 is 9.75 Å². The van der Waals surface area contributed by atoms with Crippen LogP contribution in [0.5, 0.6) is 5.75 Å². The third-order valence-corrected chi connectivity index (χ3v) is 3.64. The molecule has 0 aliphatic carbocycles. The van der Waals surface area contributed by atoms with E-state index in [2.05, 4.69) is 5.10 Å². The lowest BCUT2D eigenvalue weighted by Gasteiger charge is -2.20. The minimum absolute atomic E-state index is 0.380. The minimum atomic E-state index is -0.884. The molecule has 22 heavy (non-hydrogen) atoms. The SMILES string of the molecule is COc1ccc(N2N=C(c3ccccc3)CC2C(=O)O)cc1. The molecule has 5 nitrogen and oxygen atoms in total. The summed E-state index contributed by atoms with van der Waals surface area (Å²) >= 11 is 0. The van der Waals surface area contributed by atoms with E-state index in [1.807, 2.05) is 42.5 Å². The van der Waals surface area contributed by atoms with Crippen LogP contribution in [-0.4, -0.2) is 29.9 Å². The highest BCUT2D eigenvalue weighted by Crippen LogP contribution is 2.28. The van der Waals surface area contributed by atoms with Crippen LogP contribution in [0.2, 0.25) is 0 Å². The van der Waals surface area contributed by atoms with Gasteiger partial charge in [0.25, 0.3) is 0 Å². The number of hydrazone groups is 1. The van der Waals surface area contributed by atoms with Crippen LogP contribution in [-0.2, 0) is 4.79 Å². The van der Waals surface area contributed by atoms with Gasteiger partial charge in [-0.15, -0.1) is 0 Å². The van der Waals surface area contributed by atoms with Crippen LogP contribution in [0, 0.1) is 0 Å². The van der Waals surface area contributed by atoms with Gasteiger partial charge in [0.1, 0.15) is 5.75 Å². The third kappa shape index (κ3) is 2.65. The zero-order chi connectivity index (χ0) is 15.5. The van der Waals surface area contributed by atoms with E-state index in [1.54, 1.807) is 24.3 Å². The van der Waals surface area contributed by atoms with Gasteiger partial charge >= 0.3 is 5.97 Å². The van der Waals surface area contributed by atoms with Gasteiger partial charge < -0.3 is 9.84 Å². The highest BCUT2D eigenvalue weighted by molar-refractivity contribution is 6.06. The number of hydrogen-bond donors (Lipinski definition) is 1.